The lowest BCUT2D eigenvalue weighted by Crippen LogP contribution is -2.26. The van der Waals surface area contributed by atoms with Gasteiger partial charge in [0.1, 0.15) is 34.1 Å². The van der Waals surface area contributed by atoms with Crippen molar-refractivity contribution < 1.29 is 44.2 Å². The summed E-state index contributed by atoms with van der Waals surface area (Å²) in [5.41, 5.74) is 1.16. The van der Waals surface area contributed by atoms with Crippen molar-refractivity contribution in [2.75, 3.05) is 56.0 Å². The smallest absolute Gasteiger partial charge is 0.148 e. The minimum absolute atomic E-state index is 0. The normalized spacial score (nSPS) is 29.8. The molecule has 4 saturated heterocycles. The van der Waals surface area contributed by atoms with E-state index in [2.05, 4.69) is 13.8 Å². The molecule has 7 atom stereocenters. The molecule has 0 saturated carbocycles. The first kappa shape index (κ1) is 44.8. The molecule has 4 heterocycles. The molecule has 4 rings (SSSR count). The van der Waals surface area contributed by atoms with E-state index in [1.807, 2.05) is 0 Å². The van der Waals surface area contributed by atoms with Crippen LogP contribution in [0.4, 0.5) is 0 Å². The van der Waals surface area contributed by atoms with Gasteiger partial charge in [-0.05, 0) is 84.5 Å². The van der Waals surface area contributed by atoms with Crippen LogP contribution in [0.2, 0.25) is 0 Å². The molecule has 264 valence electrons. The third kappa shape index (κ3) is 24.0. The minimum Gasteiger partial charge on any atom is -0.396 e. The van der Waals surface area contributed by atoms with Crippen LogP contribution in [0.5, 0.6) is 0 Å². The second-order valence-corrected chi connectivity index (χ2v) is 15.7. The fourth-order valence-electron chi connectivity index (χ4n) is 4.64. The van der Waals surface area contributed by atoms with Gasteiger partial charge in [-0.2, -0.15) is 0 Å². The highest BCUT2D eigenvalue weighted by atomic mass is 32.2. The van der Waals surface area contributed by atoms with E-state index in [9.17, 15) is 4.79 Å². The van der Waals surface area contributed by atoms with E-state index >= 15 is 0 Å². The Hall–Kier alpha value is 0.750. The SMILES string of the molecule is C.CC1CCCC(SCCO)O1.CC1CCCC(SCCO)O1.O=CC1CCCC(SCCO)O1.OCCSC1CCCO1. The zero-order valence-electron chi connectivity index (χ0n) is 26.2. The summed E-state index contributed by atoms with van der Waals surface area (Å²) < 4.78 is 22.0. The first-order chi connectivity index (χ1) is 20.9. The van der Waals surface area contributed by atoms with E-state index in [0.29, 0.717) is 34.3 Å². The monoisotopic (exact) mass is 706 g/mol. The van der Waals surface area contributed by atoms with E-state index in [4.69, 9.17) is 39.4 Å². The number of aldehydes is 1. The average molecular weight is 707 g/mol. The summed E-state index contributed by atoms with van der Waals surface area (Å²) in [5.74, 6) is 3.11. The Morgan fingerprint density at radius 2 is 0.955 bits per heavy atom. The highest BCUT2D eigenvalue weighted by Gasteiger charge is 2.22. The van der Waals surface area contributed by atoms with Crippen molar-refractivity contribution in [2.45, 2.75) is 132 Å². The molecule has 0 radical (unpaired) electrons. The summed E-state index contributed by atoms with van der Waals surface area (Å²) >= 11 is 6.75. The molecule has 0 aromatic rings. The van der Waals surface area contributed by atoms with Gasteiger partial charge in [-0.15, -0.1) is 47.0 Å². The highest BCUT2D eigenvalue weighted by Crippen LogP contribution is 2.28. The van der Waals surface area contributed by atoms with Crippen LogP contribution < -0.4 is 0 Å². The largest absolute Gasteiger partial charge is 0.396 e. The molecule has 7 unspecified atom stereocenters. The van der Waals surface area contributed by atoms with Crippen molar-refractivity contribution >= 4 is 53.3 Å². The number of rotatable bonds is 13. The predicted octanol–water partition coefficient (Wildman–Crippen LogP) is 5.54. The standard InChI is InChI=1S/C8H14O3S.2C8H16O2S.C6H12O2S.CH4/c9-4-5-12-8-3-1-2-7(6-10)11-8;2*1-7-3-2-4-8(10-7)11-6-5-9;7-3-5-9-6-2-1-4-8-6;/h6-9H,1-5H2;2*7-9H,2-6H2,1H3;6-7H,1-5H2;1H4. The molecule has 0 aliphatic carbocycles. The second-order valence-electron chi connectivity index (χ2n) is 10.6. The van der Waals surface area contributed by atoms with Crippen molar-refractivity contribution in [1.29, 1.82) is 0 Å². The van der Waals surface area contributed by atoms with Crippen molar-refractivity contribution in [2.24, 2.45) is 0 Å². The number of aliphatic hydroxyl groups is 4. The van der Waals surface area contributed by atoms with Crippen LogP contribution >= 0.6 is 47.0 Å². The van der Waals surface area contributed by atoms with Crippen molar-refractivity contribution in [1.82, 2.24) is 0 Å². The molecule has 4 aliphatic rings. The summed E-state index contributed by atoms with van der Waals surface area (Å²) in [6.07, 6.45) is 13.9. The molecule has 4 aliphatic heterocycles. The first-order valence-electron chi connectivity index (χ1n) is 15.9. The number of hydrogen-bond acceptors (Lipinski definition) is 13. The van der Waals surface area contributed by atoms with Crippen LogP contribution in [0.15, 0.2) is 0 Å². The van der Waals surface area contributed by atoms with Gasteiger partial charge in [0, 0.05) is 29.6 Å². The lowest BCUT2D eigenvalue weighted by Gasteiger charge is -2.26. The minimum atomic E-state index is -0.213. The molecular formula is C31H62O9S4. The molecule has 9 nitrogen and oxygen atoms in total. The summed E-state index contributed by atoms with van der Waals surface area (Å²) in [6.45, 7) is 6.11. The van der Waals surface area contributed by atoms with Gasteiger partial charge in [0.2, 0.25) is 0 Å². The zero-order valence-corrected chi connectivity index (χ0v) is 29.5. The highest BCUT2D eigenvalue weighted by molar-refractivity contribution is 8.00. The van der Waals surface area contributed by atoms with Gasteiger partial charge in [0.15, 0.2) is 0 Å². The lowest BCUT2D eigenvalue weighted by molar-refractivity contribution is -0.121. The molecular weight excluding hydrogens is 645 g/mol. The van der Waals surface area contributed by atoms with Gasteiger partial charge >= 0.3 is 0 Å². The van der Waals surface area contributed by atoms with Gasteiger partial charge in [0.05, 0.1) is 38.6 Å². The molecule has 0 spiro atoms. The van der Waals surface area contributed by atoms with Crippen LogP contribution in [0.3, 0.4) is 0 Å². The Bertz CT molecular complexity index is 609. The van der Waals surface area contributed by atoms with Crippen molar-refractivity contribution in [3.63, 3.8) is 0 Å². The Kier molecular flexibility index (Phi) is 31.6. The summed E-state index contributed by atoms with van der Waals surface area (Å²) in [4.78, 5) is 10.4. The third-order valence-corrected chi connectivity index (χ3v) is 11.3. The Balaban J connectivity index is 0.000000558. The van der Waals surface area contributed by atoms with Crippen molar-refractivity contribution in [3.8, 4) is 0 Å². The third-order valence-electron chi connectivity index (χ3n) is 6.74. The van der Waals surface area contributed by atoms with Gasteiger partial charge in [-0.3, -0.25) is 0 Å². The maximum Gasteiger partial charge on any atom is 0.148 e. The Labute approximate surface area is 284 Å². The zero-order chi connectivity index (χ0) is 31.5. The number of ether oxygens (including phenoxy) is 4. The van der Waals surface area contributed by atoms with Gasteiger partial charge in [0.25, 0.3) is 0 Å². The molecule has 4 fully saturated rings. The summed E-state index contributed by atoms with van der Waals surface area (Å²) in [6, 6.07) is 0. The quantitative estimate of drug-likeness (QED) is 0.179. The van der Waals surface area contributed by atoms with Gasteiger partial charge in [-0.1, -0.05) is 7.43 Å². The summed E-state index contributed by atoms with van der Waals surface area (Å²) in [5, 5.41) is 34.2. The number of carbonyl (C=O) groups excluding carboxylic acids is 1. The number of carbonyl (C=O) groups is 1. The topological polar surface area (TPSA) is 135 Å². The predicted molar refractivity (Wildman–Crippen MR) is 189 cm³/mol. The Morgan fingerprint density at radius 1 is 0.568 bits per heavy atom. The number of thioether (sulfide) groups is 4. The number of aliphatic hydroxyl groups excluding tert-OH is 4. The Morgan fingerprint density at radius 3 is 1.32 bits per heavy atom. The maximum absolute atomic E-state index is 10.4. The first-order valence-corrected chi connectivity index (χ1v) is 20.1. The van der Waals surface area contributed by atoms with Crippen LogP contribution in [0.1, 0.15) is 91.9 Å². The maximum atomic E-state index is 10.4. The van der Waals surface area contributed by atoms with E-state index in [1.54, 1.807) is 47.0 Å². The summed E-state index contributed by atoms with van der Waals surface area (Å²) in [7, 11) is 0. The average Bonchev–Trinajstić information content (AvgIpc) is 3.56. The van der Waals surface area contributed by atoms with Crippen molar-refractivity contribution in [3.05, 3.63) is 0 Å². The molecule has 0 amide bonds. The van der Waals surface area contributed by atoms with Crippen LogP contribution in [-0.4, -0.2) is 123 Å². The molecule has 0 aromatic carbocycles. The van der Waals surface area contributed by atoms with Crippen LogP contribution in [0, 0.1) is 0 Å². The van der Waals surface area contributed by atoms with E-state index in [1.165, 1.54) is 32.1 Å². The van der Waals surface area contributed by atoms with Gasteiger partial charge < -0.3 is 44.2 Å². The van der Waals surface area contributed by atoms with Crippen LogP contribution in [0.25, 0.3) is 0 Å². The second kappa shape index (κ2) is 31.0. The van der Waals surface area contributed by atoms with Gasteiger partial charge in [-0.25, -0.2) is 0 Å². The molecule has 13 heteroatoms. The van der Waals surface area contributed by atoms with Crippen LogP contribution in [-0.2, 0) is 23.7 Å². The molecule has 0 aromatic heterocycles. The lowest BCUT2D eigenvalue weighted by atomic mass is 10.1. The molecule has 4 N–H and O–H groups in total. The van der Waals surface area contributed by atoms with E-state index in [-0.39, 0.29) is 45.4 Å². The molecule has 44 heavy (non-hydrogen) atoms. The fourth-order valence-corrected chi connectivity index (χ4v) is 8.39. The van der Waals surface area contributed by atoms with E-state index < -0.39 is 0 Å². The fraction of sp³-hybridized carbons (Fsp3) is 0.968. The molecule has 0 bridgehead atoms. The number of hydrogen-bond donors (Lipinski definition) is 4. The van der Waals surface area contributed by atoms with E-state index in [0.717, 1.165) is 68.7 Å².